The standard InChI is InChI=1S/C11H17NO.C4H6O6/c1-11(2,12)8-9-4-6-10(13-3)7-5-9;5-1(3(7)8)2(6)4(9)10/h4-7H,8,12H2,1-3H3;1-2,5-6H,(H,7,8)(H,9,10). The number of carbonyl (C=O) groups is 2. The van der Waals surface area contributed by atoms with Crippen LogP contribution in [0.5, 0.6) is 5.75 Å². The van der Waals surface area contributed by atoms with Gasteiger partial charge in [-0.25, -0.2) is 9.59 Å². The maximum Gasteiger partial charge on any atom is 0.335 e. The lowest BCUT2D eigenvalue weighted by molar-refractivity contribution is -0.165. The summed E-state index contributed by atoms with van der Waals surface area (Å²) in [4.78, 5) is 19.5. The Labute approximate surface area is 134 Å². The summed E-state index contributed by atoms with van der Waals surface area (Å²) in [5.74, 6) is -2.65. The summed E-state index contributed by atoms with van der Waals surface area (Å²) in [6.45, 7) is 4.05. The number of aliphatic hydroxyl groups excluding tert-OH is 2. The van der Waals surface area contributed by atoms with Gasteiger partial charge in [0.05, 0.1) is 7.11 Å². The number of rotatable bonds is 6. The second-order valence-electron chi connectivity index (χ2n) is 5.58. The van der Waals surface area contributed by atoms with Crippen LogP contribution in [0.2, 0.25) is 0 Å². The lowest BCUT2D eigenvalue weighted by Crippen LogP contribution is -2.39. The van der Waals surface area contributed by atoms with Crippen LogP contribution >= 0.6 is 0 Å². The number of hydrogen-bond acceptors (Lipinski definition) is 6. The van der Waals surface area contributed by atoms with Crippen LogP contribution in [0.1, 0.15) is 19.4 Å². The van der Waals surface area contributed by atoms with Crippen LogP contribution in [0.25, 0.3) is 0 Å². The lowest BCUT2D eigenvalue weighted by atomic mass is 9.96. The Bertz CT molecular complexity index is 490. The van der Waals surface area contributed by atoms with E-state index in [-0.39, 0.29) is 5.54 Å². The molecule has 0 bridgehead atoms. The van der Waals surface area contributed by atoms with E-state index in [1.807, 2.05) is 38.1 Å². The minimum absolute atomic E-state index is 0.144. The third-order valence-electron chi connectivity index (χ3n) is 2.62. The number of nitrogens with two attached hydrogens (primary N) is 1. The molecular formula is C15H23NO7. The van der Waals surface area contributed by atoms with Gasteiger partial charge >= 0.3 is 11.9 Å². The number of aliphatic carboxylic acids is 2. The minimum Gasteiger partial charge on any atom is -0.497 e. The van der Waals surface area contributed by atoms with Crippen molar-refractivity contribution < 1.29 is 34.8 Å². The van der Waals surface area contributed by atoms with Crippen LogP contribution in [-0.2, 0) is 16.0 Å². The van der Waals surface area contributed by atoms with Crippen molar-refractivity contribution >= 4 is 11.9 Å². The maximum absolute atomic E-state index is 9.77. The smallest absolute Gasteiger partial charge is 0.335 e. The van der Waals surface area contributed by atoms with Crippen molar-refractivity contribution in [3.05, 3.63) is 29.8 Å². The van der Waals surface area contributed by atoms with Gasteiger partial charge in [0.1, 0.15) is 5.75 Å². The van der Waals surface area contributed by atoms with E-state index in [1.165, 1.54) is 5.56 Å². The molecule has 1 aromatic rings. The second-order valence-corrected chi connectivity index (χ2v) is 5.58. The first-order valence-corrected chi connectivity index (χ1v) is 6.71. The molecule has 0 heterocycles. The number of hydrogen-bond donors (Lipinski definition) is 5. The summed E-state index contributed by atoms with van der Waals surface area (Å²) in [6, 6.07) is 8.02. The summed E-state index contributed by atoms with van der Waals surface area (Å²) < 4.78 is 5.07. The molecule has 0 amide bonds. The van der Waals surface area contributed by atoms with Gasteiger partial charge in [-0.2, -0.15) is 0 Å². The predicted molar refractivity (Wildman–Crippen MR) is 82.2 cm³/mol. The molecule has 1 rings (SSSR count). The number of ether oxygens (including phenoxy) is 1. The van der Waals surface area contributed by atoms with Crippen LogP contribution in [0, 0.1) is 0 Å². The molecular weight excluding hydrogens is 306 g/mol. The lowest BCUT2D eigenvalue weighted by Gasteiger charge is -2.18. The SMILES string of the molecule is COc1ccc(CC(C)(C)N)cc1.O=C(O)C(O)C(O)C(=O)O. The van der Waals surface area contributed by atoms with E-state index in [4.69, 9.17) is 30.9 Å². The highest BCUT2D eigenvalue weighted by atomic mass is 16.5. The van der Waals surface area contributed by atoms with Crippen molar-refractivity contribution in [2.75, 3.05) is 7.11 Å². The number of aliphatic hydroxyl groups is 2. The third-order valence-corrected chi connectivity index (χ3v) is 2.62. The fourth-order valence-corrected chi connectivity index (χ4v) is 1.54. The summed E-state index contributed by atoms with van der Waals surface area (Å²) >= 11 is 0. The number of carboxylic acids is 2. The fraction of sp³-hybridized carbons (Fsp3) is 0.467. The van der Waals surface area contributed by atoms with Gasteiger partial charge in [0.2, 0.25) is 0 Å². The van der Waals surface area contributed by atoms with Gasteiger partial charge in [0, 0.05) is 5.54 Å². The van der Waals surface area contributed by atoms with Gasteiger partial charge in [0.25, 0.3) is 0 Å². The Kier molecular flexibility index (Phi) is 8.23. The Balaban J connectivity index is 0.000000438. The normalized spacial score (nSPS) is 13.3. The van der Waals surface area contributed by atoms with Crippen LogP contribution in [-0.4, -0.2) is 57.2 Å². The second kappa shape index (κ2) is 9.09. The zero-order valence-electron chi connectivity index (χ0n) is 13.3. The molecule has 0 saturated heterocycles. The van der Waals surface area contributed by atoms with Crippen molar-refractivity contribution in [2.24, 2.45) is 5.73 Å². The molecule has 0 aromatic heterocycles. The molecule has 130 valence electrons. The van der Waals surface area contributed by atoms with Crippen LogP contribution in [0.15, 0.2) is 24.3 Å². The van der Waals surface area contributed by atoms with E-state index in [9.17, 15) is 9.59 Å². The first-order valence-electron chi connectivity index (χ1n) is 6.71. The monoisotopic (exact) mass is 329 g/mol. The van der Waals surface area contributed by atoms with Gasteiger partial charge in [-0.1, -0.05) is 12.1 Å². The number of methoxy groups -OCH3 is 1. The summed E-state index contributed by atoms with van der Waals surface area (Å²) in [7, 11) is 1.67. The average Bonchev–Trinajstić information content (AvgIpc) is 2.45. The molecule has 0 aliphatic rings. The quantitative estimate of drug-likeness (QED) is 0.483. The van der Waals surface area contributed by atoms with E-state index >= 15 is 0 Å². The largest absolute Gasteiger partial charge is 0.497 e. The van der Waals surface area contributed by atoms with Crippen molar-refractivity contribution in [1.29, 1.82) is 0 Å². The molecule has 1 aromatic carbocycles. The van der Waals surface area contributed by atoms with Crippen molar-refractivity contribution in [3.8, 4) is 5.75 Å². The predicted octanol–water partition coefficient (Wildman–Crippen LogP) is -0.148. The third kappa shape index (κ3) is 8.77. The minimum atomic E-state index is -2.27. The highest BCUT2D eigenvalue weighted by molar-refractivity contribution is 5.83. The molecule has 23 heavy (non-hydrogen) atoms. The van der Waals surface area contributed by atoms with Crippen molar-refractivity contribution in [3.63, 3.8) is 0 Å². The van der Waals surface area contributed by atoms with Gasteiger partial charge in [-0.15, -0.1) is 0 Å². The number of benzene rings is 1. The number of carboxylic acid groups (broad SMARTS) is 2. The van der Waals surface area contributed by atoms with E-state index in [2.05, 4.69) is 0 Å². The van der Waals surface area contributed by atoms with E-state index in [0.29, 0.717) is 0 Å². The molecule has 0 spiro atoms. The Morgan fingerprint density at radius 1 is 1.09 bits per heavy atom. The van der Waals surface area contributed by atoms with Gasteiger partial charge < -0.3 is 30.9 Å². The molecule has 2 atom stereocenters. The molecule has 0 aliphatic heterocycles. The Hall–Kier alpha value is -2.16. The van der Waals surface area contributed by atoms with Crippen LogP contribution in [0.4, 0.5) is 0 Å². The molecule has 8 nitrogen and oxygen atoms in total. The van der Waals surface area contributed by atoms with Crippen LogP contribution in [0.3, 0.4) is 0 Å². The zero-order chi connectivity index (χ0) is 18.2. The maximum atomic E-state index is 9.77. The summed E-state index contributed by atoms with van der Waals surface area (Å²) in [5.41, 5.74) is 7.01. The first kappa shape index (κ1) is 20.8. The van der Waals surface area contributed by atoms with E-state index in [0.717, 1.165) is 12.2 Å². The van der Waals surface area contributed by atoms with Crippen LogP contribution < -0.4 is 10.5 Å². The zero-order valence-corrected chi connectivity index (χ0v) is 13.3. The van der Waals surface area contributed by atoms with Crippen molar-refractivity contribution in [2.45, 2.75) is 38.0 Å². The van der Waals surface area contributed by atoms with Gasteiger partial charge in [0.15, 0.2) is 12.2 Å². The highest BCUT2D eigenvalue weighted by Gasteiger charge is 2.29. The molecule has 0 radical (unpaired) electrons. The van der Waals surface area contributed by atoms with Gasteiger partial charge in [-0.3, -0.25) is 0 Å². The molecule has 8 heteroatoms. The fourth-order valence-electron chi connectivity index (χ4n) is 1.54. The van der Waals surface area contributed by atoms with Crippen molar-refractivity contribution in [1.82, 2.24) is 0 Å². The topological polar surface area (TPSA) is 150 Å². The van der Waals surface area contributed by atoms with E-state index < -0.39 is 24.1 Å². The van der Waals surface area contributed by atoms with E-state index in [1.54, 1.807) is 7.11 Å². The molecule has 0 fully saturated rings. The van der Waals surface area contributed by atoms with Gasteiger partial charge in [-0.05, 0) is 38.0 Å². The molecule has 0 saturated carbocycles. The summed E-state index contributed by atoms with van der Waals surface area (Å²) in [6.07, 6.45) is -3.65. The molecule has 0 aliphatic carbocycles. The molecule has 6 N–H and O–H groups in total. The summed E-state index contributed by atoms with van der Waals surface area (Å²) in [5, 5.41) is 32.5. The molecule has 2 unspecified atom stereocenters. The Morgan fingerprint density at radius 3 is 1.74 bits per heavy atom. The average molecular weight is 329 g/mol. The Morgan fingerprint density at radius 2 is 1.48 bits per heavy atom. The first-order chi connectivity index (χ1) is 10.5. The highest BCUT2D eigenvalue weighted by Crippen LogP contribution is 2.15.